The first-order valence-electron chi connectivity index (χ1n) is 6.07. The third-order valence-corrected chi connectivity index (χ3v) is 3.68. The Morgan fingerprint density at radius 3 is 2.50 bits per heavy atom. The van der Waals surface area contributed by atoms with Crippen molar-refractivity contribution < 1.29 is 18.0 Å². The SMILES string of the molecule is O=C(NCCCCCBr)c1ccc(Br)cc1C(F)(F)F. The summed E-state index contributed by atoms with van der Waals surface area (Å²) in [5.41, 5.74) is -1.27. The molecule has 0 saturated carbocycles. The maximum Gasteiger partial charge on any atom is 0.417 e. The fourth-order valence-electron chi connectivity index (χ4n) is 1.64. The molecule has 0 spiro atoms. The summed E-state index contributed by atoms with van der Waals surface area (Å²) in [6, 6.07) is 3.52. The number of hydrogen-bond acceptors (Lipinski definition) is 1. The molecule has 0 aromatic heterocycles. The molecule has 112 valence electrons. The summed E-state index contributed by atoms with van der Waals surface area (Å²) in [5.74, 6) is -0.691. The fraction of sp³-hybridized carbons (Fsp3) is 0.462. The van der Waals surface area contributed by atoms with Crippen LogP contribution in [0.25, 0.3) is 0 Å². The largest absolute Gasteiger partial charge is 0.417 e. The normalized spacial score (nSPS) is 11.4. The van der Waals surface area contributed by atoms with Gasteiger partial charge in [-0.2, -0.15) is 13.2 Å². The van der Waals surface area contributed by atoms with Crippen molar-refractivity contribution in [1.29, 1.82) is 0 Å². The van der Waals surface area contributed by atoms with Gasteiger partial charge in [-0.1, -0.05) is 38.3 Å². The number of nitrogens with one attached hydrogen (secondary N) is 1. The van der Waals surface area contributed by atoms with Crippen molar-refractivity contribution in [3.63, 3.8) is 0 Å². The average molecular weight is 417 g/mol. The molecule has 0 aliphatic rings. The van der Waals surface area contributed by atoms with Crippen molar-refractivity contribution in [2.24, 2.45) is 0 Å². The third-order valence-electron chi connectivity index (χ3n) is 2.63. The van der Waals surface area contributed by atoms with Gasteiger partial charge in [0.25, 0.3) is 5.91 Å². The Balaban J connectivity index is 2.73. The van der Waals surface area contributed by atoms with Crippen molar-refractivity contribution in [2.45, 2.75) is 25.4 Å². The van der Waals surface area contributed by atoms with Crippen LogP contribution < -0.4 is 5.32 Å². The quantitative estimate of drug-likeness (QED) is 0.525. The minimum atomic E-state index is -4.55. The summed E-state index contributed by atoms with van der Waals surface area (Å²) >= 11 is 6.27. The van der Waals surface area contributed by atoms with E-state index >= 15 is 0 Å². The summed E-state index contributed by atoms with van der Waals surface area (Å²) < 4.78 is 38.9. The first-order chi connectivity index (χ1) is 9.36. The van der Waals surface area contributed by atoms with E-state index in [1.165, 1.54) is 12.1 Å². The molecule has 1 aromatic rings. The van der Waals surface area contributed by atoms with Crippen molar-refractivity contribution >= 4 is 37.8 Å². The lowest BCUT2D eigenvalue weighted by molar-refractivity contribution is -0.138. The second kappa shape index (κ2) is 8.02. The number of carbonyl (C=O) groups is 1. The van der Waals surface area contributed by atoms with Crippen LogP contribution in [-0.2, 0) is 6.18 Å². The van der Waals surface area contributed by atoms with Crippen LogP contribution in [0.15, 0.2) is 22.7 Å². The van der Waals surface area contributed by atoms with E-state index < -0.39 is 17.6 Å². The lowest BCUT2D eigenvalue weighted by Gasteiger charge is -2.13. The Morgan fingerprint density at radius 1 is 1.20 bits per heavy atom. The van der Waals surface area contributed by atoms with Gasteiger partial charge in [0.1, 0.15) is 0 Å². The summed E-state index contributed by atoms with van der Waals surface area (Å²) in [7, 11) is 0. The van der Waals surface area contributed by atoms with Crippen molar-refractivity contribution in [1.82, 2.24) is 5.32 Å². The number of halogens is 5. The van der Waals surface area contributed by atoms with Crippen LogP contribution in [0.5, 0.6) is 0 Å². The monoisotopic (exact) mass is 415 g/mol. The number of rotatable bonds is 6. The highest BCUT2D eigenvalue weighted by Crippen LogP contribution is 2.33. The number of unbranched alkanes of at least 4 members (excludes halogenated alkanes) is 2. The molecule has 1 rings (SSSR count). The summed E-state index contributed by atoms with van der Waals surface area (Å²) in [4.78, 5) is 11.8. The van der Waals surface area contributed by atoms with Gasteiger partial charge in [-0.3, -0.25) is 4.79 Å². The van der Waals surface area contributed by atoms with Gasteiger partial charge in [-0.25, -0.2) is 0 Å². The Bertz CT molecular complexity index is 463. The highest BCUT2D eigenvalue weighted by Gasteiger charge is 2.35. The van der Waals surface area contributed by atoms with E-state index in [4.69, 9.17) is 0 Å². The molecule has 0 fully saturated rings. The molecule has 1 amide bonds. The average Bonchev–Trinajstić information content (AvgIpc) is 2.37. The zero-order valence-corrected chi connectivity index (χ0v) is 13.7. The van der Waals surface area contributed by atoms with E-state index in [0.717, 1.165) is 30.7 Å². The molecular formula is C13H14Br2F3NO. The minimum Gasteiger partial charge on any atom is -0.352 e. The van der Waals surface area contributed by atoms with Gasteiger partial charge < -0.3 is 5.32 Å². The topological polar surface area (TPSA) is 29.1 Å². The highest BCUT2D eigenvalue weighted by molar-refractivity contribution is 9.10. The van der Waals surface area contributed by atoms with Crippen molar-refractivity contribution in [2.75, 3.05) is 11.9 Å². The Morgan fingerprint density at radius 2 is 1.90 bits per heavy atom. The molecule has 1 aromatic carbocycles. The van der Waals surface area contributed by atoms with E-state index in [1.807, 2.05) is 0 Å². The smallest absolute Gasteiger partial charge is 0.352 e. The van der Waals surface area contributed by atoms with E-state index in [1.54, 1.807) is 0 Å². The number of alkyl halides is 4. The molecule has 0 aliphatic heterocycles. The first-order valence-corrected chi connectivity index (χ1v) is 7.98. The van der Waals surface area contributed by atoms with E-state index in [-0.39, 0.29) is 5.56 Å². The molecule has 20 heavy (non-hydrogen) atoms. The highest BCUT2D eigenvalue weighted by atomic mass is 79.9. The molecule has 0 heterocycles. The van der Waals surface area contributed by atoms with Crippen LogP contribution in [0.2, 0.25) is 0 Å². The summed E-state index contributed by atoms with van der Waals surface area (Å²) in [5, 5.41) is 3.40. The predicted molar refractivity (Wildman–Crippen MR) is 79.1 cm³/mol. The lowest BCUT2D eigenvalue weighted by Crippen LogP contribution is -2.27. The van der Waals surface area contributed by atoms with Gasteiger partial charge in [0, 0.05) is 16.3 Å². The van der Waals surface area contributed by atoms with Gasteiger partial charge in [0.05, 0.1) is 11.1 Å². The second-order valence-corrected chi connectivity index (χ2v) is 5.90. The zero-order valence-electron chi connectivity index (χ0n) is 10.6. The van der Waals surface area contributed by atoms with Crippen LogP contribution in [0, 0.1) is 0 Å². The van der Waals surface area contributed by atoms with Crippen LogP contribution >= 0.6 is 31.9 Å². The standard InChI is InChI=1S/C13H14Br2F3NO/c14-6-2-1-3-7-19-12(20)10-5-4-9(15)8-11(10)13(16,17)18/h4-5,8H,1-3,6-7H2,(H,19,20). The van der Waals surface area contributed by atoms with Crippen LogP contribution in [0.1, 0.15) is 35.2 Å². The molecule has 0 unspecified atom stereocenters. The molecule has 0 radical (unpaired) electrons. The Kier molecular flexibility index (Phi) is 7.02. The number of hydrogen-bond donors (Lipinski definition) is 1. The molecule has 0 atom stereocenters. The van der Waals surface area contributed by atoms with E-state index in [0.29, 0.717) is 11.0 Å². The van der Waals surface area contributed by atoms with E-state index in [2.05, 4.69) is 37.2 Å². The van der Waals surface area contributed by atoms with Gasteiger partial charge in [-0.15, -0.1) is 0 Å². The van der Waals surface area contributed by atoms with Crippen molar-refractivity contribution in [3.8, 4) is 0 Å². The first kappa shape index (κ1) is 17.5. The molecule has 7 heteroatoms. The second-order valence-electron chi connectivity index (χ2n) is 4.19. The zero-order chi connectivity index (χ0) is 15.2. The molecule has 0 bridgehead atoms. The number of amides is 1. The maximum atomic E-state index is 12.9. The maximum absolute atomic E-state index is 12.9. The molecule has 2 nitrogen and oxygen atoms in total. The van der Waals surface area contributed by atoms with Gasteiger partial charge >= 0.3 is 6.18 Å². The third kappa shape index (κ3) is 5.44. The Labute approximate surface area is 132 Å². The molecule has 1 N–H and O–H groups in total. The van der Waals surface area contributed by atoms with Crippen LogP contribution in [-0.4, -0.2) is 17.8 Å². The summed E-state index contributed by atoms with van der Waals surface area (Å²) in [6.45, 7) is 0.374. The number of carbonyl (C=O) groups excluding carboxylic acids is 1. The van der Waals surface area contributed by atoms with Crippen LogP contribution in [0.4, 0.5) is 13.2 Å². The Hall–Kier alpha value is -0.560. The lowest BCUT2D eigenvalue weighted by atomic mass is 10.1. The fourth-order valence-corrected chi connectivity index (χ4v) is 2.40. The molecule has 0 aliphatic carbocycles. The molecule has 0 saturated heterocycles. The van der Waals surface area contributed by atoms with Gasteiger partial charge in [-0.05, 0) is 31.0 Å². The van der Waals surface area contributed by atoms with Crippen molar-refractivity contribution in [3.05, 3.63) is 33.8 Å². The number of benzene rings is 1. The predicted octanol–water partition coefficient (Wildman–Crippen LogP) is 4.76. The van der Waals surface area contributed by atoms with Gasteiger partial charge in [0.2, 0.25) is 0 Å². The van der Waals surface area contributed by atoms with Crippen LogP contribution in [0.3, 0.4) is 0 Å². The van der Waals surface area contributed by atoms with E-state index in [9.17, 15) is 18.0 Å². The summed E-state index contributed by atoms with van der Waals surface area (Å²) in [6.07, 6.45) is -1.92. The molecular weight excluding hydrogens is 403 g/mol. The van der Waals surface area contributed by atoms with Gasteiger partial charge in [0.15, 0.2) is 0 Å². The minimum absolute atomic E-state index is 0.290.